The topological polar surface area (TPSA) is 196 Å². The van der Waals surface area contributed by atoms with Gasteiger partial charge in [-0.3, -0.25) is 28.7 Å². The minimum Gasteiger partial charge on any atom is -0.391 e. The summed E-state index contributed by atoms with van der Waals surface area (Å²) in [5.74, 6) is -0.0707. The summed E-state index contributed by atoms with van der Waals surface area (Å²) in [7, 11) is 0. The highest BCUT2D eigenvalue weighted by molar-refractivity contribution is 7.15. The maximum atomic E-state index is 14.2. The number of nitrogens with zero attached hydrogens (tertiary/aromatic N) is 7. The standard InChI is InChI=1S/C55H63ClN10O6S2/c1-30-33(4)74-54-47(30)48(37-13-17-39(56)18-14-37)60-43(51-63-62-34(5)66(51)54)24-45(68)59-31(2)36-15-19-40(20-16-36)64-22-21-42(27-64)72-28-46(69)61-50(55(6,7)8)53(71)65-26-41(67)23-44(65)52(70)57-25-35-9-11-38(12-10-35)49-32(3)58-29-73-49/h9-20,29,31,41-44,50,67H,21-28H2,1-8H3,(H,57,70)(H,59,68)(H,61,69)/t31-,41-,42+,43+,44+,50-/m1/s1. The Morgan fingerprint density at radius 3 is 2.31 bits per heavy atom. The van der Waals surface area contributed by atoms with E-state index in [4.69, 9.17) is 21.3 Å². The average molecular weight is 1060 g/mol. The molecule has 6 heterocycles. The molecule has 3 aliphatic rings. The lowest BCUT2D eigenvalue weighted by molar-refractivity contribution is -0.144. The summed E-state index contributed by atoms with van der Waals surface area (Å²) in [4.78, 5) is 70.5. The normalized spacial score (nSPS) is 19.3. The number of hydrogen-bond donors (Lipinski definition) is 4. The Labute approximate surface area is 444 Å². The first-order valence-electron chi connectivity index (χ1n) is 25.0. The molecule has 6 aromatic rings. The number of ether oxygens (including phenoxy) is 1. The highest BCUT2D eigenvalue weighted by Crippen LogP contribution is 2.40. The number of rotatable bonds is 15. The van der Waals surface area contributed by atoms with Crippen molar-refractivity contribution >= 4 is 69.3 Å². The molecule has 4 N–H and O–H groups in total. The van der Waals surface area contributed by atoms with Crippen LogP contribution in [0.1, 0.15) is 109 Å². The molecule has 3 aromatic carbocycles. The number of likely N-dealkylation sites (tertiary alicyclic amines) is 1. The maximum Gasteiger partial charge on any atom is 0.246 e. The highest BCUT2D eigenvalue weighted by Gasteiger charge is 2.45. The van der Waals surface area contributed by atoms with Crippen molar-refractivity contribution in [2.75, 3.05) is 31.1 Å². The van der Waals surface area contributed by atoms with Gasteiger partial charge in [0, 0.05) is 59.3 Å². The number of carbonyl (C=O) groups excluding carboxylic acids is 4. The molecule has 388 valence electrons. The molecule has 0 unspecified atom stereocenters. The van der Waals surface area contributed by atoms with E-state index >= 15 is 0 Å². The Morgan fingerprint density at radius 1 is 0.905 bits per heavy atom. The Balaban J connectivity index is 0.767. The number of aromatic nitrogens is 4. The number of aliphatic imine (C=N–C) groups is 1. The van der Waals surface area contributed by atoms with Gasteiger partial charge in [-0.15, -0.1) is 32.9 Å². The van der Waals surface area contributed by atoms with Crippen molar-refractivity contribution in [2.24, 2.45) is 10.4 Å². The maximum absolute atomic E-state index is 14.2. The van der Waals surface area contributed by atoms with Crippen LogP contribution in [0.15, 0.2) is 83.3 Å². The molecule has 0 aliphatic carbocycles. The first-order valence-corrected chi connectivity index (χ1v) is 27.1. The number of thiazole rings is 1. The molecule has 0 saturated carbocycles. The second-order valence-electron chi connectivity index (χ2n) is 20.6. The number of amides is 4. The molecule has 0 radical (unpaired) electrons. The number of fused-ring (bicyclic) bond motifs is 3. The van der Waals surface area contributed by atoms with Gasteiger partial charge in [0.25, 0.3) is 0 Å². The number of halogens is 1. The van der Waals surface area contributed by atoms with Crippen LogP contribution < -0.4 is 20.9 Å². The smallest absolute Gasteiger partial charge is 0.246 e. The van der Waals surface area contributed by atoms with Crippen molar-refractivity contribution < 1.29 is 29.0 Å². The van der Waals surface area contributed by atoms with Crippen molar-refractivity contribution in [1.82, 2.24) is 40.6 Å². The molecule has 2 fully saturated rings. The van der Waals surface area contributed by atoms with Crippen LogP contribution in [0, 0.1) is 33.1 Å². The molecule has 6 atom stereocenters. The van der Waals surface area contributed by atoms with E-state index in [0.29, 0.717) is 23.8 Å². The van der Waals surface area contributed by atoms with Gasteiger partial charge in [-0.05, 0) is 93.0 Å². The fourth-order valence-electron chi connectivity index (χ4n) is 9.94. The number of aliphatic hydroxyl groups excluding tert-OH is 1. The molecule has 0 bridgehead atoms. The van der Waals surface area contributed by atoms with Crippen LogP contribution in [0.3, 0.4) is 0 Å². The van der Waals surface area contributed by atoms with E-state index in [-0.39, 0.29) is 56.5 Å². The SMILES string of the molecule is Cc1ncsc1-c1ccc(CNC(=O)[C@@H]2C[C@@H](O)CN2C(=O)[C@@H](NC(=O)CO[C@H]2CCN(c3ccc([C@@H](C)NC(=O)C[C@@H]4N=C(c5ccc(Cl)cc5)c5c(sc(C)c5C)-n5c(C)nnc54)cc3)C2)C(C)(C)C)cc1. The lowest BCUT2D eigenvalue weighted by Gasteiger charge is -2.35. The van der Waals surface area contributed by atoms with E-state index in [2.05, 4.69) is 49.9 Å². The van der Waals surface area contributed by atoms with Crippen LogP contribution in [-0.4, -0.2) is 110 Å². The number of anilines is 1. The molecule has 0 spiro atoms. The predicted molar refractivity (Wildman–Crippen MR) is 289 cm³/mol. The van der Waals surface area contributed by atoms with Gasteiger partial charge in [-0.1, -0.05) is 80.9 Å². The third-order valence-corrected chi connectivity index (χ3v) is 16.6. The van der Waals surface area contributed by atoms with Gasteiger partial charge in [0.15, 0.2) is 5.82 Å². The second-order valence-corrected chi connectivity index (χ2v) is 23.1. The third-order valence-electron chi connectivity index (χ3n) is 14.2. The second kappa shape index (κ2) is 21.9. The molecule has 4 amide bonds. The molecule has 3 aromatic heterocycles. The zero-order valence-electron chi connectivity index (χ0n) is 42.9. The van der Waals surface area contributed by atoms with Crippen molar-refractivity contribution in [2.45, 2.75) is 118 Å². The summed E-state index contributed by atoms with van der Waals surface area (Å²) in [6, 6.07) is 20.8. The summed E-state index contributed by atoms with van der Waals surface area (Å²) in [5, 5.41) is 30.3. The number of carbonyl (C=O) groups is 4. The van der Waals surface area contributed by atoms with Crippen LogP contribution in [0.2, 0.25) is 5.02 Å². The lowest BCUT2D eigenvalue weighted by atomic mass is 9.85. The first-order chi connectivity index (χ1) is 35.3. The zero-order chi connectivity index (χ0) is 52.6. The van der Waals surface area contributed by atoms with E-state index in [1.165, 1.54) is 9.78 Å². The van der Waals surface area contributed by atoms with E-state index in [9.17, 15) is 24.3 Å². The minimum absolute atomic E-state index is 0.0175. The first kappa shape index (κ1) is 52.5. The van der Waals surface area contributed by atoms with Gasteiger partial charge in [0.05, 0.1) is 46.5 Å². The van der Waals surface area contributed by atoms with Gasteiger partial charge in [0.2, 0.25) is 23.6 Å². The molecule has 9 rings (SSSR count). The lowest BCUT2D eigenvalue weighted by Crippen LogP contribution is -2.58. The molecule has 2 saturated heterocycles. The summed E-state index contributed by atoms with van der Waals surface area (Å²) >= 11 is 9.53. The predicted octanol–water partition coefficient (Wildman–Crippen LogP) is 7.90. The molecular formula is C55H63ClN10O6S2. The summed E-state index contributed by atoms with van der Waals surface area (Å²) in [5.41, 5.74) is 9.76. The molecule has 19 heteroatoms. The van der Waals surface area contributed by atoms with Gasteiger partial charge in [-0.25, -0.2) is 4.98 Å². The van der Waals surface area contributed by atoms with Crippen molar-refractivity contribution in [3.05, 3.63) is 133 Å². The van der Waals surface area contributed by atoms with E-state index in [1.54, 1.807) is 22.7 Å². The number of β-amino-alcohol motifs (C(OH)–C–C–N with tert-alkyl or cyclic N) is 1. The van der Waals surface area contributed by atoms with Gasteiger partial charge in [-0.2, -0.15) is 0 Å². The van der Waals surface area contributed by atoms with Crippen molar-refractivity contribution in [3.63, 3.8) is 0 Å². The summed E-state index contributed by atoms with van der Waals surface area (Å²) in [6.45, 7) is 16.9. The van der Waals surface area contributed by atoms with Gasteiger partial charge >= 0.3 is 0 Å². The number of aliphatic hydroxyl groups is 1. The fraction of sp³-hybridized carbons (Fsp3) is 0.418. The Kier molecular flexibility index (Phi) is 15.5. The Bertz CT molecular complexity index is 3070. The minimum atomic E-state index is -0.972. The van der Waals surface area contributed by atoms with E-state index in [0.717, 1.165) is 72.7 Å². The number of aryl methyl sites for hydroxylation is 3. The quantitative estimate of drug-likeness (QED) is 0.0785. The van der Waals surface area contributed by atoms with E-state index < -0.39 is 41.5 Å². The van der Waals surface area contributed by atoms with Crippen LogP contribution in [0.5, 0.6) is 0 Å². The number of benzene rings is 3. The zero-order valence-corrected chi connectivity index (χ0v) is 45.3. The average Bonchev–Trinajstić information content (AvgIpc) is 4.23. The van der Waals surface area contributed by atoms with E-state index in [1.807, 2.05) is 124 Å². The third kappa shape index (κ3) is 11.3. The largest absolute Gasteiger partial charge is 0.391 e. The number of thiophene rings is 1. The summed E-state index contributed by atoms with van der Waals surface area (Å²) in [6.07, 6.45) is -0.240. The highest BCUT2D eigenvalue weighted by atomic mass is 35.5. The van der Waals surface area contributed by atoms with Crippen LogP contribution in [0.4, 0.5) is 5.69 Å². The van der Waals surface area contributed by atoms with Gasteiger partial charge < -0.3 is 35.6 Å². The fourth-order valence-corrected chi connectivity index (χ4v) is 12.1. The van der Waals surface area contributed by atoms with Crippen LogP contribution >= 0.6 is 34.3 Å². The monoisotopic (exact) mass is 1060 g/mol. The molecule has 3 aliphatic heterocycles. The molecule has 16 nitrogen and oxygen atoms in total. The van der Waals surface area contributed by atoms with Crippen LogP contribution in [0.25, 0.3) is 15.4 Å². The number of hydrogen-bond acceptors (Lipinski definition) is 13. The van der Waals surface area contributed by atoms with Crippen molar-refractivity contribution in [1.29, 1.82) is 0 Å². The molecule has 74 heavy (non-hydrogen) atoms. The van der Waals surface area contributed by atoms with Crippen molar-refractivity contribution in [3.8, 4) is 15.4 Å². The summed E-state index contributed by atoms with van der Waals surface area (Å²) < 4.78 is 8.16. The Morgan fingerprint density at radius 2 is 1.62 bits per heavy atom. The Hall–Kier alpha value is -6.31. The molecular weight excluding hydrogens is 996 g/mol. The van der Waals surface area contributed by atoms with Crippen LogP contribution in [-0.2, 0) is 30.5 Å². The number of nitrogens with one attached hydrogen (secondary N) is 3. The van der Waals surface area contributed by atoms with Gasteiger partial charge in [0.1, 0.15) is 35.6 Å².